The number of halogens is 3. The van der Waals surface area contributed by atoms with Gasteiger partial charge >= 0.3 is 6.36 Å². The molecule has 0 bridgehead atoms. The lowest BCUT2D eigenvalue weighted by atomic mass is 10.2. The van der Waals surface area contributed by atoms with Crippen molar-refractivity contribution in [2.75, 3.05) is 0 Å². The van der Waals surface area contributed by atoms with Crippen molar-refractivity contribution < 1.29 is 17.9 Å². The van der Waals surface area contributed by atoms with Crippen LogP contribution in [-0.2, 0) is 0 Å². The van der Waals surface area contributed by atoms with Crippen LogP contribution in [0.25, 0.3) is 0 Å². The lowest BCUT2D eigenvalue weighted by Crippen LogP contribution is -2.16. The van der Waals surface area contributed by atoms with Gasteiger partial charge in [0.2, 0.25) is 0 Å². The molecule has 4 heteroatoms. The Morgan fingerprint density at radius 1 is 1.15 bits per heavy atom. The van der Waals surface area contributed by atoms with Crippen LogP contribution < -0.4 is 4.74 Å². The number of benzene rings is 1. The fraction of sp³-hybridized carbons (Fsp3) is 0.222. The van der Waals surface area contributed by atoms with Crippen LogP contribution in [-0.4, -0.2) is 6.36 Å². The molecule has 0 saturated carbocycles. The molecule has 0 atom stereocenters. The van der Waals surface area contributed by atoms with Gasteiger partial charge in [-0.2, -0.15) is 0 Å². The van der Waals surface area contributed by atoms with Crippen LogP contribution >= 0.6 is 0 Å². The van der Waals surface area contributed by atoms with Gasteiger partial charge in [-0.1, -0.05) is 19.1 Å². The standard InChI is InChI=1S/C9H8F3O/c1-2-7-3-5-8(6-4-7)13-9(10,11)12/h2-6H,1H3. The molecule has 13 heavy (non-hydrogen) atoms. The van der Waals surface area contributed by atoms with E-state index in [2.05, 4.69) is 4.74 Å². The smallest absolute Gasteiger partial charge is 0.406 e. The molecule has 0 spiro atoms. The third kappa shape index (κ3) is 3.36. The first-order valence-electron chi connectivity index (χ1n) is 3.66. The molecule has 1 aromatic carbocycles. The summed E-state index contributed by atoms with van der Waals surface area (Å²) < 4.78 is 38.8. The molecule has 71 valence electrons. The Morgan fingerprint density at radius 2 is 1.69 bits per heavy atom. The zero-order valence-corrected chi connectivity index (χ0v) is 6.93. The number of hydrogen-bond acceptors (Lipinski definition) is 1. The molecule has 1 nitrogen and oxygen atoms in total. The van der Waals surface area contributed by atoms with Crippen molar-refractivity contribution in [2.24, 2.45) is 0 Å². The normalized spacial score (nSPS) is 11.4. The molecule has 0 heterocycles. The van der Waals surface area contributed by atoms with E-state index in [1.165, 1.54) is 12.1 Å². The van der Waals surface area contributed by atoms with Gasteiger partial charge in [0.25, 0.3) is 0 Å². The molecule has 0 aliphatic carbocycles. The Balaban J connectivity index is 2.70. The fourth-order valence-electron chi connectivity index (χ4n) is 0.862. The molecule has 0 unspecified atom stereocenters. The Hall–Kier alpha value is -1.19. The molecular weight excluding hydrogens is 181 g/mol. The molecule has 0 amide bonds. The minimum atomic E-state index is -4.61. The molecule has 1 rings (SSSR count). The van der Waals surface area contributed by atoms with Crippen molar-refractivity contribution in [2.45, 2.75) is 13.3 Å². The minimum Gasteiger partial charge on any atom is -0.406 e. The average Bonchev–Trinajstić information content (AvgIpc) is 2.03. The summed E-state index contributed by atoms with van der Waals surface area (Å²) >= 11 is 0. The van der Waals surface area contributed by atoms with Gasteiger partial charge in [-0.3, -0.25) is 0 Å². The monoisotopic (exact) mass is 189 g/mol. The summed E-state index contributed by atoms with van der Waals surface area (Å²) in [6.07, 6.45) is -2.82. The van der Waals surface area contributed by atoms with E-state index in [9.17, 15) is 13.2 Å². The molecule has 0 saturated heterocycles. The predicted octanol–water partition coefficient (Wildman–Crippen LogP) is 3.16. The van der Waals surface area contributed by atoms with Gasteiger partial charge in [-0.05, 0) is 24.1 Å². The number of alkyl halides is 3. The van der Waals surface area contributed by atoms with E-state index >= 15 is 0 Å². The maximum atomic E-state index is 11.7. The van der Waals surface area contributed by atoms with Crippen LogP contribution in [0.4, 0.5) is 13.2 Å². The second-order valence-electron chi connectivity index (χ2n) is 2.41. The van der Waals surface area contributed by atoms with Gasteiger partial charge in [0, 0.05) is 0 Å². The van der Waals surface area contributed by atoms with Crippen LogP contribution in [0, 0.1) is 6.42 Å². The first kappa shape index (κ1) is 9.89. The minimum absolute atomic E-state index is 0.196. The first-order chi connectivity index (χ1) is 6.01. The van der Waals surface area contributed by atoms with E-state index in [1.54, 1.807) is 25.5 Å². The lowest BCUT2D eigenvalue weighted by Gasteiger charge is -2.08. The number of hydrogen-bond donors (Lipinski definition) is 0. The summed E-state index contributed by atoms with van der Waals surface area (Å²) in [6, 6.07) is 5.67. The van der Waals surface area contributed by atoms with E-state index in [-0.39, 0.29) is 5.75 Å². The van der Waals surface area contributed by atoms with Crippen molar-refractivity contribution in [1.82, 2.24) is 0 Å². The SMILES string of the molecule is C[CH]c1ccc(OC(F)(F)F)cc1. The van der Waals surface area contributed by atoms with Crippen LogP contribution in [0.2, 0.25) is 0 Å². The third-order valence-electron chi connectivity index (χ3n) is 1.45. The Morgan fingerprint density at radius 3 is 2.08 bits per heavy atom. The molecule has 1 aromatic rings. The summed E-state index contributed by atoms with van der Waals surface area (Å²) in [5.74, 6) is -0.196. The van der Waals surface area contributed by atoms with Crippen LogP contribution in [0.3, 0.4) is 0 Å². The summed E-state index contributed by atoms with van der Waals surface area (Å²) in [6.45, 7) is 1.81. The number of rotatable bonds is 2. The number of ether oxygens (including phenoxy) is 1. The van der Waals surface area contributed by atoms with Crippen molar-refractivity contribution in [3.8, 4) is 5.75 Å². The van der Waals surface area contributed by atoms with Gasteiger partial charge in [-0.15, -0.1) is 13.2 Å². The molecule has 0 aliphatic rings. The van der Waals surface area contributed by atoms with Crippen LogP contribution in [0.5, 0.6) is 5.75 Å². The average molecular weight is 189 g/mol. The molecule has 0 N–H and O–H groups in total. The zero-order chi connectivity index (χ0) is 9.90. The van der Waals surface area contributed by atoms with Gasteiger partial charge < -0.3 is 4.74 Å². The summed E-state index contributed by atoms with van der Waals surface area (Å²) in [7, 11) is 0. The maximum absolute atomic E-state index is 11.7. The van der Waals surface area contributed by atoms with Gasteiger partial charge in [0.1, 0.15) is 5.75 Å². The Kier molecular flexibility index (Phi) is 2.80. The predicted molar refractivity (Wildman–Crippen MR) is 42.2 cm³/mol. The van der Waals surface area contributed by atoms with Crippen molar-refractivity contribution in [1.29, 1.82) is 0 Å². The largest absolute Gasteiger partial charge is 0.573 e. The van der Waals surface area contributed by atoms with Gasteiger partial charge in [0.05, 0.1) is 0 Å². The molecule has 0 fully saturated rings. The van der Waals surface area contributed by atoms with E-state index in [0.29, 0.717) is 0 Å². The second-order valence-corrected chi connectivity index (χ2v) is 2.41. The summed E-state index contributed by atoms with van der Waals surface area (Å²) in [5, 5.41) is 0. The van der Waals surface area contributed by atoms with E-state index in [1.807, 2.05) is 0 Å². The quantitative estimate of drug-likeness (QED) is 0.694. The highest BCUT2D eigenvalue weighted by Crippen LogP contribution is 2.22. The molecule has 0 aliphatic heterocycles. The van der Waals surface area contributed by atoms with Crippen molar-refractivity contribution >= 4 is 0 Å². The Labute approximate surface area is 74.1 Å². The molecule has 0 aromatic heterocycles. The summed E-state index contributed by atoms with van der Waals surface area (Å²) in [5.41, 5.74) is 0.856. The van der Waals surface area contributed by atoms with E-state index < -0.39 is 6.36 Å². The summed E-state index contributed by atoms with van der Waals surface area (Å²) in [4.78, 5) is 0. The second kappa shape index (κ2) is 3.68. The highest BCUT2D eigenvalue weighted by atomic mass is 19.4. The van der Waals surface area contributed by atoms with Crippen molar-refractivity contribution in [3.63, 3.8) is 0 Å². The molecular formula is C9H8F3O. The highest BCUT2D eigenvalue weighted by molar-refractivity contribution is 5.30. The maximum Gasteiger partial charge on any atom is 0.573 e. The van der Waals surface area contributed by atoms with Gasteiger partial charge in [-0.25, -0.2) is 0 Å². The van der Waals surface area contributed by atoms with Crippen LogP contribution in [0.1, 0.15) is 12.5 Å². The highest BCUT2D eigenvalue weighted by Gasteiger charge is 2.30. The van der Waals surface area contributed by atoms with Gasteiger partial charge in [0.15, 0.2) is 0 Å². The van der Waals surface area contributed by atoms with E-state index in [0.717, 1.165) is 5.56 Å². The first-order valence-corrected chi connectivity index (χ1v) is 3.66. The Bertz CT molecular complexity index is 263. The lowest BCUT2D eigenvalue weighted by molar-refractivity contribution is -0.274. The topological polar surface area (TPSA) is 9.23 Å². The third-order valence-corrected chi connectivity index (χ3v) is 1.45. The molecule has 1 radical (unpaired) electrons. The zero-order valence-electron chi connectivity index (χ0n) is 6.93. The fourth-order valence-corrected chi connectivity index (χ4v) is 0.862. The van der Waals surface area contributed by atoms with E-state index in [4.69, 9.17) is 0 Å². The van der Waals surface area contributed by atoms with Crippen LogP contribution in [0.15, 0.2) is 24.3 Å². The van der Waals surface area contributed by atoms with Crippen molar-refractivity contribution in [3.05, 3.63) is 36.2 Å².